The van der Waals surface area contributed by atoms with E-state index in [-0.39, 0.29) is 35.6 Å². The van der Waals surface area contributed by atoms with E-state index in [1.54, 1.807) is 0 Å². The summed E-state index contributed by atoms with van der Waals surface area (Å²) in [5, 5.41) is 20.7. The van der Waals surface area contributed by atoms with E-state index in [2.05, 4.69) is 41.5 Å². The molecule has 0 aromatic heterocycles. The first-order valence-corrected chi connectivity index (χ1v) is 13.6. The molecule has 0 saturated carbocycles. The molecule has 2 rings (SSSR count). The zero-order valence-electron chi connectivity index (χ0n) is 24.5. The standard InChI is InChI=1S/C32H46O6/c1-21-17-23(19-25(29(21)35)31(3,4)5)11-13-27(33)37-15-9-10-16-38-28(34)14-12-24-18-22(2)30(36)26(20-24)32(6,7)8/h17-20,35-36H,9-16H2,1-8H3. The summed E-state index contributed by atoms with van der Waals surface area (Å²) in [5.41, 5.74) is 5.01. The Morgan fingerprint density at radius 2 is 1.00 bits per heavy atom. The third kappa shape index (κ3) is 9.38. The first-order chi connectivity index (χ1) is 17.6. The van der Waals surface area contributed by atoms with E-state index in [4.69, 9.17) is 9.47 Å². The molecule has 6 heteroatoms. The van der Waals surface area contributed by atoms with Crippen LogP contribution in [-0.4, -0.2) is 35.4 Å². The fraction of sp³-hybridized carbons (Fsp3) is 0.562. The van der Waals surface area contributed by atoms with Crippen LogP contribution in [-0.2, 0) is 42.7 Å². The van der Waals surface area contributed by atoms with Crippen LogP contribution in [0.15, 0.2) is 24.3 Å². The molecule has 0 aliphatic heterocycles. The van der Waals surface area contributed by atoms with Crippen LogP contribution in [0.5, 0.6) is 11.5 Å². The normalized spacial score (nSPS) is 11.9. The number of rotatable bonds is 11. The lowest BCUT2D eigenvalue weighted by molar-refractivity contribution is -0.146. The summed E-state index contributed by atoms with van der Waals surface area (Å²) >= 11 is 0. The molecule has 0 radical (unpaired) electrons. The summed E-state index contributed by atoms with van der Waals surface area (Å²) in [4.78, 5) is 24.3. The summed E-state index contributed by atoms with van der Waals surface area (Å²) in [6.45, 7) is 16.6. The molecule has 2 aromatic carbocycles. The van der Waals surface area contributed by atoms with Crippen LogP contribution in [0.3, 0.4) is 0 Å². The van der Waals surface area contributed by atoms with Crippen molar-refractivity contribution in [3.05, 3.63) is 57.6 Å². The van der Waals surface area contributed by atoms with Gasteiger partial charge in [-0.3, -0.25) is 9.59 Å². The lowest BCUT2D eigenvalue weighted by Crippen LogP contribution is -2.13. The average molecular weight is 527 g/mol. The summed E-state index contributed by atoms with van der Waals surface area (Å²) in [6, 6.07) is 7.77. The van der Waals surface area contributed by atoms with Crippen molar-refractivity contribution >= 4 is 11.9 Å². The minimum absolute atomic E-state index is 0.185. The van der Waals surface area contributed by atoms with Crippen LogP contribution in [0.4, 0.5) is 0 Å². The lowest BCUT2D eigenvalue weighted by atomic mass is 9.83. The molecule has 2 aromatic rings. The Bertz CT molecular complexity index is 1030. The maximum Gasteiger partial charge on any atom is 0.306 e. The first-order valence-electron chi connectivity index (χ1n) is 13.6. The van der Waals surface area contributed by atoms with Gasteiger partial charge in [-0.15, -0.1) is 0 Å². The maximum absolute atomic E-state index is 12.2. The third-order valence-corrected chi connectivity index (χ3v) is 6.64. The van der Waals surface area contributed by atoms with E-state index in [0.29, 0.717) is 50.4 Å². The van der Waals surface area contributed by atoms with Crippen molar-refractivity contribution in [1.29, 1.82) is 0 Å². The number of esters is 2. The van der Waals surface area contributed by atoms with E-state index in [9.17, 15) is 19.8 Å². The Labute approximate surface area is 228 Å². The molecule has 0 atom stereocenters. The highest BCUT2D eigenvalue weighted by Crippen LogP contribution is 2.35. The highest BCUT2D eigenvalue weighted by molar-refractivity contribution is 5.70. The fourth-order valence-electron chi connectivity index (χ4n) is 4.35. The van der Waals surface area contributed by atoms with E-state index < -0.39 is 0 Å². The number of aryl methyl sites for hydroxylation is 4. The summed E-state index contributed by atoms with van der Waals surface area (Å²) in [7, 11) is 0. The van der Waals surface area contributed by atoms with Gasteiger partial charge in [-0.25, -0.2) is 0 Å². The largest absolute Gasteiger partial charge is 0.507 e. The average Bonchev–Trinajstić information content (AvgIpc) is 2.81. The van der Waals surface area contributed by atoms with Crippen LogP contribution < -0.4 is 0 Å². The molecule has 0 fully saturated rings. The Morgan fingerprint density at radius 1 is 0.658 bits per heavy atom. The molecule has 0 heterocycles. The SMILES string of the molecule is Cc1cc(CCC(=O)OCCCCOC(=O)CCc2cc(C)c(O)c(C(C)(C)C)c2)cc(C(C)(C)C)c1O. The van der Waals surface area contributed by atoms with Crippen LogP contribution in [0.25, 0.3) is 0 Å². The molecule has 210 valence electrons. The van der Waals surface area contributed by atoms with Crippen LogP contribution >= 0.6 is 0 Å². The molecule has 0 aliphatic rings. The van der Waals surface area contributed by atoms with Gasteiger partial charge in [0.15, 0.2) is 0 Å². The van der Waals surface area contributed by atoms with Gasteiger partial charge in [0.2, 0.25) is 0 Å². The van der Waals surface area contributed by atoms with Gasteiger partial charge in [0.1, 0.15) is 11.5 Å². The van der Waals surface area contributed by atoms with Crippen molar-refractivity contribution in [3.8, 4) is 11.5 Å². The number of unbranched alkanes of at least 4 members (excludes halogenated alkanes) is 1. The first kappa shape index (κ1) is 31.2. The van der Waals surface area contributed by atoms with Crippen LogP contribution in [0.1, 0.15) is 101 Å². The molecule has 0 aliphatic carbocycles. The maximum atomic E-state index is 12.2. The number of phenols is 2. The Hall–Kier alpha value is -3.02. The molecule has 6 nitrogen and oxygen atoms in total. The van der Waals surface area contributed by atoms with Gasteiger partial charge < -0.3 is 19.7 Å². The van der Waals surface area contributed by atoms with Gasteiger partial charge >= 0.3 is 11.9 Å². The molecule has 2 N–H and O–H groups in total. The second-order valence-corrected chi connectivity index (χ2v) is 12.3. The van der Waals surface area contributed by atoms with Crippen molar-refractivity contribution in [2.24, 2.45) is 0 Å². The van der Waals surface area contributed by atoms with Crippen molar-refractivity contribution in [2.45, 2.75) is 105 Å². The molecule has 0 unspecified atom stereocenters. The molecule has 0 spiro atoms. The highest BCUT2D eigenvalue weighted by Gasteiger charge is 2.21. The molecular formula is C32H46O6. The fourth-order valence-corrected chi connectivity index (χ4v) is 4.35. The Kier molecular flexibility index (Phi) is 10.8. The summed E-state index contributed by atoms with van der Waals surface area (Å²) in [6.07, 6.45) is 2.90. The van der Waals surface area contributed by atoms with E-state index in [1.807, 2.05) is 38.1 Å². The summed E-state index contributed by atoms with van der Waals surface area (Å²) in [5.74, 6) is 0.108. The Balaban J connectivity index is 1.67. The van der Waals surface area contributed by atoms with Crippen LogP contribution in [0, 0.1) is 13.8 Å². The van der Waals surface area contributed by atoms with Gasteiger partial charge in [-0.05, 0) is 83.7 Å². The minimum Gasteiger partial charge on any atom is -0.507 e. The van der Waals surface area contributed by atoms with Crippen LogP contribution in [0.2, 0.25) is 0 Å². The molecule has 0 saturated heterocycles. The predicted octanol–water partition coefficient (Wildman–Crippen LogP) is 6.74. The topological polar surface area (TPSA) is 93.1 Å². The monoisotopic (exact) mass is 526 g/mol. The second-order valence-electron chi connectivity index (χ2n) is 12.3. The van der Waals surface area contributed by atoms with Gasteiger partial charge in [0.25, 0.3) is 0 Å². The van der Waals surface area contributed by atoms with E-state index in [1.165, 1.54) is 0 Å². The zero-order chi connectivity index (χ0) is 28.7. The number of hydrogen-bond donors (Lipinski definition) is 2. The van der Waals surface area contributed by atoms with Crippen molar-refractivity contribution in [1.82, 2.24) is 0 Å². The lowest BCUT2D eigenvalue weighted by Gasteiger charge is -2.22. The smallest absolute Gasteiger partial charge is 0.306 e. The number of aromatic hydroxyl groups is 2. The number of phenolic OH excluding ortho intramolecular Hbond substituents is 2. The molecule has 0 bridgehead atoms. The number of ether oxygens (including phenoxy) is 2. The number of carbonyl (C=O) groups excluding carboxylic acids is 2. The minimum atomic E-state index is -0.260. The zero-order valence-corrected chi connectivity index (χ0v) is 24.5. The molecule has 38 heavy (non-hydrogen) atoms. The third-order valence-electron chi connectivity index (χ3n) is 6.64. The van der Waals surface area contributed by atoms with Gasteiger partial charge in [-0.2, -0.15) is 0 Å². The van der Waals surface area contributed by atoms with Gasteiger partial charge in [0.05, 0.1) is 13.2 Å². The van der Waals surface area contributed by atoms with Crippen molar-refractivity contribution in [2.75, 3.05) is 13.2 Å². The van der Waals surface area contributed by atoms with E-state index in [0.717, 1.165) is 33.4 Å². The highest BCUT2D eigenvalue weighted by atomic mass is 16.5. The number of benzene rings is 2. The quantitative estimate of drug-likeness (QED) is 0.249. The molecular weight excluding hydrogens is 480 g/mol. The second kappa shape index (κ2) is 13.2. The van der Waals surface area contributed by atoms with Gasteiger partial charge in [-0.1, -0.05) is 65.8 Å². The van der Waals surface area contributed by atoms with E-state index >= 15 is 0 Å². The molecule has 0 amide bonds. The number of carbonyl (C=O) groups is 2. The van der Waals surface area contributed by atoms with Crippen molar-refractivity contribution in [3.63, 3.8) is 0 Å². The van der Waals surface area contributed by atoms with Gasteiger partial charge in [0, 0.05) is 12.8 Å². The number of hydrogen-bond acceptors (Lipinski definition) is 6. The predicted molar refractivity (Wildman–Crippen MR) is 151 cm³/mol. The summed E-state index contributed by atoms with van der Waals surface area (Å²) < 4.78 is 10.7. The van der Waals surface area contributed by atoms with Crippen molar-refractivity contribution < 1.29 is 29.3 Å². The Morgan fingerprint density at radius 3 is 1.32 bits per heavy atom.